The van der Waals surface area contributed by atoms with Gasteiger partial charge >= 0.3 is 5.97 Å². The van der Waals surface area contributed by atoms with Gasteiger partial charge in [0.25, 0.3) is 0 Å². The van der Waals surface area contributed by atoms with Crippen LogP contribution >= 0.6 is 0 Å². The minimum Gasteiger partial charge on any atom is -0.465 e. The molecule has 2 heteroatoms. The maximum Gasteiger partial charge on any atom is 0.308 e. The lowest BCUT2D eigenvalue weighted by Crippen LogP contribution is -2.21. The number of carbonyl (C=O) groups excluding carboxylic acids is 1. The van der Waals surface area contributed by atoms with E-state index in [0.29, 0.717) is 18.4 Å². The summed E-state index contributed by atoms with van der Waals surface area (Å²) in [7, 11) is 0. The van der Waals surface area contributed by atoms with Crippen LogP contribution in [0.25, 0.3) is 0 Å². The van der Waals surface area contributed by atoms with E-state index >= 15 is 0 Å². The highest BCUT2D eigenvalue weighted by atomic mass is 16.5. The summed E-state index contributed by atoms with van der Waals surface area (Å²) in [4.78, 5) is 12.1. The summed E-state index contributed by atoms with van der Waals surface area (Å²) in [6.45, 7) is 2.80. The van der Waals surface area contributed by atoms with Crippen LogP contribution in [0.1, 0.15) is 56.1 Å². The maximum absolute atomic E-state index is 12.1. The molecule has 0 saturated heterocycles. The number of benzene rings is 1. The SMILES string of the molecule is CC1CCC(C(=O)OCC2CCCc3ccccc32)C1. The smallest absolute Gasteiger partial charge is 0.308 e. The molecule has 0 heterocycles. The molecule has 20 heavy (non-hydrogen) atoms. The highest BCUT2D eigenvalue weighted by Crippen LogP contribution is 2.34. The molecule has 108 valence electrons. The molecule has 1 aromatic rings. The van der Waals surface area contributed by atoms with E-state index in [-0.39, 0.29) is 11.9 Å². The zero-order valence-electron chi connectivity index (χ0n) is 12.3. The van der Waals surface area contributed by atoms with E-state index in [9.17, 15) is 4.79 Å². The predicted molar refractivity (Wildman–Crippen MR) is 79.6 cm³/mol. The summed E-state index contributed by atoms with van der Waals surface area (Å²) in [6.07, 6.45) is 6.72. The van der Waals surface area contributed by atoms with Gasteiger partial charge in [0.15, 0.2) is 0 Å². The van der Waals surface area contributed by atoms with Gasteiger partial charge in [-0.1, -0.05) is 31.2 Å². The van der Waals surface area contributed by atoms with Crippen LogP contribution in [0.4, 0.5) is 0 Å². The van der Waals surface area contributed by atoms with Crippen LogP contribution in [0, 0.1) is 11.8 Å². The summed E-state index contributed by atoms with van der Waals surface area (Å²) >= 11 is 0. The third-order valence-corrected chi connectivity index (χ3v) is 4.95. The van der Waals surface area contributed by atoms with E-state index < -0.39 is 0 Å². The van der Waals surface area contributed by atoms with E-state index in [1.165, 1.54) is 30.4 Å². The minimum absolute atomic E-state index is 0.0393. The second kappa shape index (κ2) is 5.99. The first kappa shape index (κ1) is 13.7. The van der Waals surface area contributed by atoms with Crippen molar-refractivity contribution in [1.29, 1.82) is 0 Å². The fraction of sp³-hybridized carbons (Fsp3) is 0.611. The molecular weight excluding hydrogens is 248 g/mol. The van der Waals surface area contributed by atoms with Crippen LogP contribution in [0.5, 0.6) is 0 Å². The monoisotopic (exact) mass is 272 g/mol. The summed E-state index contributed by atoms with van der Waals surface area (Å²) < 4.78 is 5.63. The van der Waals surface area contributed by atoms with Crippen LogP contribution in [0.2, 0.25) is 0 Å². The van der Waals surface area contributed by atoms with Crippen LogP contribution in [0.15, 0.2) is 24.3 Å². The van der Waals surface area contributed by atoms with E-state index in [1.807, 2.05) is 0 Å². The molecule has 0 spiro atoms. The Morgan fingerprint density at radius 2 is 2.10 bits per heavy atom. The molecule has 0 amide bonds. The van der Waals surface area contributed by atoms with Crippen molar-refractivity contribution in [2.75, 3.05) is 6.61 Å². The quantitative estimate of drug-likeness (QED) is 0.775. The topological polar surface area (TPSA) is 26.3 Å². The van der Waals surface area contributed by atoms with E-state index in [2.05, 4.69) is 31.2 Å². The fourth-order valence-electron chi connectivity index (χ4n) is 3.75. The molecule has 0 N–H and O–H groups in total. The van der Waals surface area contributed by atoms with Gasteiger partial charge in [0, 0.05) is 5.92 Å². The molecule has 2 nitrogen and oxygen atoms in total. The number of aryl methyl sites for hydroxylation is 1. The molecule has 0 aromatic heterocycles. The third kappa shape index (κ3) is 2.89. The second-order valence-corrected chi connectivity index (χ2v) is 6.53. The van der Waals surface area contributed by atoms with Gasteiger partial charge < -0.3 is 4.74 Å². The Morgan fingerprint density at radius 1 is 1.25 bits per heavy atom. The van der Waals surface area contributed by atoms with E-state index in [1.54, 1.807) is 0 Å². The Bertz CT molecular complexity index is 480. The fourth-order valence-corrected chi connectivity index (χ4v) is 3.75. The van der Waals surface area contributed by atoms with Gasteiger partial charge in [-0.15, -0.1) is 0 Å². The Labute approximate surface area is 121 Å². The van der Waals surface area contributed by atoms with Gasteiger partial charge in [-0.25, -0.2) is 0 Å². The van der Waals surface area contributed by atoms with Crippen molar-refractivity contribution in [3.8, 4) is 0 Å². The molecule has 3 atom stereocenters. The van der Waals surface area contributed by atoms with Crippen molar-refractivity contribution >= 4 is 5.97 Å². The summed E-state index contributed by atoms with van der Waals surface area (Å²) in [6, 6.07) is 8.61. The van der Waals surface area contributed by atoms with Crippen LogP contribution in [-0.2, 0) is 16.0 Å². The lowest BCUT2D eigenvalue weighted by Gasteiger charge is -2.25. The molecule has 2 aliphatic rings. The van der Waals surface area contributed by atoms with Crippen molar-refractivity contribution in [2.24, 2.45) is 11.8 Å². The molecule has 1 saturated carbocycles. The normalized spacial score (nSPS) is 28.9. The second-order valence-electron chi connectivity index (χ2n) is 6.53. The molecule has 3 unspecified atom stereocenters. The van der Waals surface area contributed by atoms with Gasteiger partial charge in [0.05, 0.1) is 12.5 Å². The highest BCUT2D eigenvalue weighted by Gasteiger charge is 2.29. The third-order valence-electron chi connectivity index (χ3n) is 4.95. The van der Waals surface area contributed by atoms with Gasteiger partial charge in [0.2, 0.25) is 0 Å². The highest BCUT2D eigenvalue weighted by molar-refractivity contribution is 5.72. The van der Waals surface area contributed by atoms with Gasteiger partial charge in [-0.2, -0.15) is 0 Å². The summed E-state index contributed by atoms with van der Waals surface area (Å²) in [5, 5.41) is 0. The number of esters is 1. The number of rotatable bonds is 3. The van der Waals surface area contributed by atoms with Crippen LogP contribution in [0.3, 0.4) is 0 Å². The van der Waals surface area contributed by atoms with Gasteiger partial charge in [0.1, 0.15) is 0 Å². The van der Waals surface area contributed by atoms with Crippen LogP contribution < -0.4 is 0 Å². The Balaban J connectivity index is 1.58. The standard InChI is InChI=1S/C18H24O2/c1-13-9-10-15(11-13)18(19)20-12-16-7-4-6-14-5-2-3-8-17(14)16/h2-3,5,8,13,15-16H,4,6-7,9-12H2,1H3. The average Bonchev–Trinajstić information content (AvgIpc) is 2.91. The number of hydrogen-bond acceptors (Lipinski definition) is 2. The Kier molecular flexibility index (Phi) is 4.09. The molecule has 0 bridgehead atoms. The van der Waals surface area contributed by atoms with Crippen molar-refractivity contribution in [1.82, 2.24) is 0 Å². The minimum atomic E-state index is 0.0393. The van der Waals surface area contributed by atoms with Gasteiger partial charge in [-0.05, 0) is 55.6 Å². The molecule has 1 aromatic carbocycles. The van der Waals surface area contributed by atoms with Gasteiger partial charge in [-0.3, -0.25) is 4.79 Å². The zero-order valence-corrected chi connectivity index (χ0v) is 12.3. The van der Waals surface area contributed by atoms with Crippen molar-refractivity contribution in [2.45, 2.75) is 51.4 Å². The first-order chi connectivity index (χ1) is 9.74. The van der Waals surface area contributed by atoms with Crippen molar-refractivity contribution < 1.29 is 9.53 Å². The summed E-state index contributed by atoms with van der Waals surface area (Å²) in [5.74, 6) is 1.28. The largest absolute Gasteiger partial charge is 0.465 e. The predicted octanol–water partition coefficient (Wildman–Crippen LogP) is 4.09. The molecular formula is C18H24O2. The maximum atomic E-state index is 12.1. The molecule has 2 aliphatic carbocycles. The Hall–Kier alpha value is -1.31. The Morgan fingerprint density at radius 3 is 2.90 bits per heavy atom. The molecule has 3 rings (SSSR count). The van der Waals surface area contributed by atoms with Crippen molar-refractivity contribution in [3.63, 3.8) is 0 Å². The molecule has 0 radical (unpaired) electrons. The average molecular weight is 272 g/mol. The first-order valence-electron chi connectivity index (χ1n) is 7.98. The number of carbonyl (C=O) groups is 1. The number of ether oxygens (including phenoxy) is 1. The van der Waals surface area contributed by atoms with E-state index in [0.717, 1.165) is 19.3 Å². The summed E-state index contributed by atoms with van der Waals surface area (Å²) in [5.41, 5.74) is 2.83. The number of hydrogen-bond donors (Lipinski definition) is 0. The van der Waals surface area contributed by atoms with E-state index in [4.69, 9.17) is 4.74 Å². The zero-order chi connectivity index (χ0) is 13.9. The molecule has 1 fully saturated rings. The van der Waals surface area contributed by atoms with Crippen molar-refractivity contribution in [3.05, 3.63) is 35.4 Å². The number of fused-ring (bicyclic) bond motifs is 1. The lowest BCUT2D eigenvalue weighted by molar-refractivity contribution is -0.149. The van der Waals surface area contributed by atoms with Crippen LogP contribution in [-0.4, -0.2) is 12.6 Å². The first-order valence-corrected chi connectivity index (χ1v) is 7.98. The lowest BCUT2D eigenvalue weighted by atomic mass is 9.83. The molecule has 0 aliphatic heterocycles.